The average Bonchev–Trinajstić information content (AvgIpc) is 3.33. The van der Waals surface area contributed by atoms with Gasteiger partial charge in [0.1, 0.15) is 5.52 Å². The number of para-hydroxylation sites is 2. The van der Waals surface area contributed by atoms with E-state index in [1.54, 1.807) is 0 Å². The lowest BCUT2D eigenvalue weighted by atomic mass is 10.2. The fraction of sp³-hybridized carbons (Fsp3) is 0. The van der Waals surface area contributed by atoms with Gasteiger partial charge < -0.3 is 8.98 Å². The van der Waals surface area contributed by atoms with Gasteiger partial charge in [-0.1, -0.05) is 58.4 Å². The molecule has 2 aromatic heterocycles. The van der Waals surface area contributed by atoms with Gasteiger partial charge in [0.2, 0.25) is 5.89 Å². The largest absolute Gasteiger partial charge is 0.436 e. The molecule has 0 aliphatic carbocycles. The van der Waals surface area contributed by atoms with Crippen LogP contribution in [0.5, 0.6) is 0 Å². The summed E-state index contributed by atoms with van der Waals surface area (Å²) < 4.78 is 9.30. The number of hydrogen-bond acceptors (Lipinski definition) is 2. The van der Waals surface area contributed by atoms with Gasteiger partial charge >= 0.3 is 0 Å². The Balaban J connectivity index is 1.59. The highest BCUT2D eigenvalue weighted by molar-refractivity contribution is 9.10. The number of oxazole rings is 1. The van der Waals surface area contributed by atoms with Gasteiger partial charge in [0.15, 0.2) is 5.58 Å². The summed E-state index contributed by atoms with van der Waals surface area (Å²) in [5.74, 6) is 0.626. The molecule has 0 aliphatic heterocycles. The lowest BCUT2D eigenvalue weighted by Gasteiger charge is -2.08. The first kappa shape index (κ1) is 16.6. The third-order valence-electron chi connectivity index (χ3n) is 5.28. The molecule has 4 heteroatoms. The van der Waals surface area contributed by atoms with Crippen molar-refractivity contribution >= 4 is 48.8 Å². The first-order chi connectivity index (χ1) is 14.3. The molecule has 2 heterocycles. The number of halogens is 1. The van der Waals surface area contributed by atoms with Crippen molar-refractivity contribution in [3.05, 3.63) is 95.5 Å². The van der Waals surface area contributed by atoms with Crippen molar-refractivity contribution < 1.29 is 4.42 Å². The second-order valence-electron chi connectivity index (χ2n) is 7.05. The van der Waals surface area contributed by atoms with Crippen LogP contribution in [0.25, 0.3) is 50.0 Å². The Morgan fingerprint density at radius 2 is 1.45 bits per heavy atom. The van der Waals surface area contributed by atoms with Gasteiger partial charge in [-0.2, -0.15) is 0 Å². The molecule has 138 valence electrons. The van der Waals surface area contributed by atoms with Crippen molar-refractivity contribution in [1.29, 1.82) is 0 Å². The van der Waals surface area contributed by atoms with Gasteiger partial charge in [-0.25, -0.2) is 4.98 Å². The van der Waals surface area contributed by atoms with E-state index in [0.717, 1.165) is 26.8 Å². The minimum atomic E-state index is 0.626. The smallest absolute Gasteiger partial charge is 0.227 e. The lowest BCUT2D eigenvalue weighted by molar-refractivity contribution is 0.620. The van der Waals surface area contributed by atoms with Crippen LogP contribution in [0.1, 0.15) is 0 Å². The molecule has 6 aromatic rings. The van der Waals surface area contributed by atoms with Gasteiger partial charge in [-0.15, -0.1) is 0 Å². The number of nitrogens with zero attached hydrogens (tertiary/aromatic N) is 2. The highest BCUT2D eigenvalue weighted by Gasteiger charge is 2.13. The third kappa shape index (κ3) is 2.60. The standard InChI is InChI=1S/C25H15BrN2O/c26-17-12-13-24-21(15-17)27-25(29-24)16-6-5-7-18(14-16)28-22-10-3-1-8-19(22)20-9-2-4-11-23(20)28/h1-15H. The molecular formula is C25H15BrN2O. The number of benzene rings is 4. The molecule has 3 nitrogen and oxygen atoms in total. The van der Waals surface area contributed by atoms with Gasteiger partial charge in [-0.3, -0.25) is 0 Å². The van der Waals surface area contributed by atoms with Crippen LogP contribution in [-0.2, 0) is 0 Å². The summed E-state index contributed by atoms with van der Waals surface area (Å²) in [7, 11) is 0. The highest BCUT2D eigenvalue weighted by atomic mass is 79.9. The van der Waals surface area contributed by atoms with Crippen LogP contribution >= 0.6 is 15.9 Å². The van der Waals surface area contributed by atoms with Gasteiger partial charge in [0.25, 0.3) is 0 Å². The van der Waals surface area contributed by atoms with E-state index in [9.17, 15) is 0 Å². The summed E-state index contributed by atoms with van der Waals surface area (Å²) >= 11 is 3.50. The molecule has 4 aromatic carbocycles. The van der Waals surface area contributed by atoms with Crippen molar-refractivity contribution in [2.75, 3.05) is 0 Å². The van der Waals surface area contributed by atoms with Crippen molar-refractivity contribution in [2.45, 2.75) is 0 Å². The predicted octanol–water partition coefficient (Wildman–Crippen LogP) is 7.35. The molecule has 0 amide bonds. The van der Waals surface area contributed by atoms with E-state index in [0.29, 0.717) is 5.89 Å². The van der Waals surface area contributed by atoms with Crippen molar-refractivity contribution in [2.24, 2.45) is 0 Å². The van der Waals surface area contributed by atoms with Crippen LogP contribution in [0, 0.1) is 0 Å². The zero-order chi connectivity index (χ0) is 19.4. The first-order valence-electron chi connectivity index (χ1n) is 9.43. The second-order valence-corrected chi connectivity index (χ2v) is 7.97. The molecule has 0 fully saturated rings. The Hall–Kier alpha value is -3.37. The molecule has 0 aliphatic rings. The summed E-state index contributed by atoms with van der Waals surface area (Å²) in [6.45, 7) is 0. The number of fused-ring (bicyclic) bond motifs is 4. The maximum atomic E-state index is 6.02. The molecule has 0 radical (unpaired) electrons. The SMILES string of the molecule is Brc1ccc2oc(-c3cccc(-n4c5ccccc5c5ccccc54)c3)nc2c1. The summed E-state index contributed by atoms with van der Waals surface area (Å²) in [5, 5.41) is 2.50. The Labute approximate surface area is 175 Å². The van der Waals surface area contributed by atoms with Gasteiger partial charge in [0.05, 0.1) is 11.0 Å². The van der Waals surface area contributed by atoms with Crippen molar-refractivity contribution in [1.82, 2.24) is 9.55 Å². The minimum Gasteiger partial charge on any atom is -0.436 e. The molecule has 0 atom stereocenters. The Morgan fingerprint density at radius 1 is 0.724 bits per heavy atom. The topological polar surface area (TPSA) is 31.0 Å². The molecule has 29 heavy (non-hydrogen) atoms. The van der Waals surface area contributed by atoms with Gasteiger partial charge in [-0.05, 0) is 48.5 Å². The molecule has 0 saturated heterocycles. The molecule has 0 unspecified atom stereocenters. The van der Waals surface area contributed by atoms with Crippen LogP contribution in [0.4, 0.5) is 0 Å². The van der Waals surface area contributed by atoms with Crippen molar-refractivity contribution in [3.8, 4) is 17.1 Å². The molecule has 0 spiro atoms. The minimum absolute atomic E-state index is 0.626. The monoisotopic (exact) mass is 438 g/mol. The average molecular weight is 439 g/mol. The maximum Gasteiger partial charge on any atom is 0.227 e. The third-order valence-corrected chi connectivity index (χ3v) is 5.77. The first-order valence-corrected chi connectivity index (χ1v) is 10.2. The van der Waals surface area contributed by atoms with E-state index in [4.69, 9.17) is 4.42 Å². The van der Waals surface area contributed by atoms with Crippen LogP contribution in [0.2, 0.25) is 0 Å². The van der Waals surface area contributed by atoms with Crippen LogP contribution in [0.3, 0.4) is 0 Å². The number of rotatable bonds is 2. The van der Waals surface area contributed by atoms with E-state index in [2.05, 4.69) is 92.2 Å². The number of aromatic nitrogens is 2. The summed E-state index contributed by atoms with van der Waals surface area (Å²) in [4.78, 5) is 4.68. The van der Waals surface area contributed by atoms with Crippen molar-refractivity contribution in [3.63, 3.8) is 0 Å². The number of hydrogen-bond donors (Lipinski definition) is 0. The lowest BCUT2D eigenvalue weighted by Crippen LogP contribution is -1.94. The zero-order valence-corrected chi connectivity index (χ0v) is 16.9. The van der Waals surface area contributed by atoms with E-state index < -0.39 is 0 Å². The summed E-state index contributed by atoms with van der Waals surface area (Å²) in [6, 6.07) is 31.3. The van der Waals surface area contributed by atoms with E-state index in [-0.39, 0.29) is 0 Å². The molecular weight excluding hydrogens is 424 g/mol. The van der Waals surface area contributed by atoms with E-state index >= 15 is 0 Å². The Kier molecular flexibility index (Phi) is 3.61. The summed E-state index contributed by atoms with van der Waals surface area (Å²) in [6.07, 6.45) is 0. The van der Waals surface area contributed by atoms with Gasteiger partial charge in [0, 0.05) is 26.5 Å². The highest BCUT2D eigenvalue weighted by Crippen LogP contribution is 2.33. The van der Waals surface area contributed by atoms with E-state index in [1.807, 2.05) is 24.3 Å². The maximum absolute atomic E-state index is 6.02. The molecule has 0 bridgehead atoms. The molecule has 6 rings (SSSR count). The Morgan fingerprint density at radius 3 is 2.21 bits per heavy atom. The molecule has 0 N–H and O–H groups in total. The van der Waals surface area contributed by atoms with Crippen LogP contribution in [0.15, 0.2) is 99.9 Å². The summed E-state index contributed by atoms with van der Waals surface area (Å²) in [5.41, 5.74) is 6.04. The van der Waals surface area contributed by atoms with Crippen LogP contribution in [-0.4, -0.2) is 9.55 Å². The fourth-order valence-corrected chi connectivity index (χ4v) is 4.35. The second kappa shape index (κ2) is 6.33. The van der Waals surface area contributed by atoms with Crippen LogP contribution < -0.4 is 0 Å². The normalized spacial score (nSPS) is 11.6. The Bertz CT molecular complexity index is 1470. The fourth-order valence-electron chi connectivity index (χ4n) is 4.00. The predicted molar refractivity (Wildman–Crippen MR) is 121 cm³/mol. The quantitative estimate of drug-likeness (QED) is 0.282. The van der Waals surface area contributed by atoms with E-state index in [1.165, 1.54) is 21.8 Å². The molecule has 0 saturated carbocycles. The zero-order valence-electron chi connectivity index (χ0n) is 15.3.